The first-order chi connectivity index (χ1) is 15.3. The molecule has 32 heavy (non-hydrogen) atoms. The van der Waals surface area contributed by atoms with Crippen molar-refractivity contribution < 1.29 is 27.5 Å². The van der Waals surface area contributed by atoms with Gasteiger partial charge in [0.25, 0.3) is 5.89 Å². The molecule has 2 fully saturated rings. The van der Waals surface area contributed by atoms with Crippen molar-refractivity contribution in [3.8, 4) is 11.6 Å². The van der Waals surface area contributed by atoms with Crippen LogP contribution < -0.4 is 5.32 Å². The first-order valence-electron chi connectivity index (χ1n) is 10.4. The molecule has 3 heterocycles. The molecule has 11 heteroatoms. The number of aromatic nitrogens is 3. The van der Waals surface area contributed by atoms with Gasteiger partial charge in [-0.1, -0.05) is 6.08 Å². The number of aliphatic hydroxyl groups excluding tert-OH is 1. The van der Waals surface area contributed by atoms with E-state index in [0.29, 0.717) is 37.2 Å². The average Bonchev–Trinajstić information content (AvgIpc) is 3.39. The molecule has 1 saturated carbocycles. The molecule has 0 bridgehead atoms. The Morgan fingerprint density at radius 2 is 2.06 bits per heavy atom. The van der Waals surface area contributed by atoms with Gasteiger partial charge in [-0.05, 0) is 44.2 Å². The molecule has 8 nitrogen and oxygen atoms in total. The Bertz CT molecular complexity index is 987. The van der Waals surface area contributed by atoms with E-state index >= 15 is 0 Å². The molecule has 1 amide bonds. The van der Waals surface area contributed by atoms with Crippen molar-refractivity contribution in [2.75, 3.05) is 18.6 Å². The third kappa shape index (κ3) is 3.96. The summed E-state index contributed by atoms with van der Waals surface area (Å²) in [5, 5.41) is 20.7. The number of hydrogen-bond acceptors (Lipinski definition) is 7. The van der Waals surface area contributed by atoms with Gasteiger partial charge in [-0.25, -0.2) is 4.98 Å². The van der Waals surface area contributed by atoms with Gasteiger partial charge in [0.05, 0.1) is 11.6 Å². The summed E-state index contributed by atoms with van der Waals surface area (Å²) in [4.78, 5) is 18.3. The number of pyridine rings is 1. The van der Waals surface area contributed by atoms with E-state index in [0.717, 1.165) is 0 Å². The lowest BCUT2D eigenvalue weighted by Crippen LogP contribution is -2.37. The molecule has 2 N–H and O–H groups in total. The van der Waals surface area contributed by atoms with Crippen molar-refractivity contribution >= 4 is 11.6 Å². The number of likely N-dealkylation sites (tertiary alicyclic amines) is 1. The van der Waals surface area contributed by atoms with E-state index in [2.05, 4.69) is 27.1 Å². The monoisotopic (exact) mass is 451 g/mol. The lowest BCUT2D eigenvalue weighted by atomic mass is 9.85. The van der Waals surface area contributed by atoms with Gasteiger partial charge in [0.15, 0.2) is 5.69 Å². The topological polar surface area (TPSA) is 104 Å². The molecule has 0 spiro atoms. The summed E-state index contributed by atoms with van der Waals surface area (Å²) in [6.45, 7) is 3.66. The number of aliphatic hydroxyl groups is 1. The van der Waals surface area contributed by atoms with Gasteiger partial charge in [-0.2, -0.15) is 13.2 Å². The minimum atomic E-state index is -4.16. The van der Waals surface area contributed by atoms with Crippen LogP contribution in [0.5, 0.6) is 0 Å². The Kier molecular flexibility index (Phi) is 5.93. The summed E-state index contributed by atoms with van der Waals surface area (Å²) >= 11 is 0. The largest absolute Gasteiger partial charge is 0.418 e. The van der Waals surface area contributed by atoms with Crippen molar-refractivity contribution in [1.29, 1.82) is 0 Å². The molecule has 4 rings (SSSR count). The quantitative estimate of drug-likeness (QED) is 0.650. The zero-order valence-electron chi connectivity index (χ0n) is 17.3. The van der Waals surface area contributed by atoms with Crippen molar-refractivity contribution in [1.82, 2.24) is 20.1 Å². The number of nitrogens with one attached hydrogen (secondary N) is 1. The van der Waals surface area contributed by atoms with Gasteiger partial charge in [0.2, 0.25) is 11.8 Å². The molecule has 1 aliphatic heterocycles. The smallest absolute Gasteiger partial charge is 0.391 e. The third-order valence-electron chi connectivity index (χ3n) is 6.33. The predicted molar refractivity (Wildman–Crippen MR) is 108 cm³/mol. The molecule has 0 radical (unpaired) electrons. The second-order valence-electron chi connectivity index (χ2n) is 8.18. The summed E-state index contributed by atoms with van der Waals surface area (Å²) in [5.41, 5.74) is -0.291. The van der Waals surface area contributed by atoms with Crippen LogP contribution in [-0.2, 0) is 10.2 Å². The highest BCUT2D eigenvalue weighted by atomic mass is 19.4. The number of amides is 1. The van der Waals surface area contributed by atoms with Gasteiger partial charge >= 0.3 is 6.18 Å². The fourth-order valence-corrected chi connectivity index (χ4v) is 4.39. The van der Waals surface area contributed by atoms with Gasteiger partial charge in [0, 0.05) is 18.8 Å². The third-order valence-corrected chi connectivity index (χ3v) is 6.33. The van der Waals surface area contributed by atoms with Gasteiger partial charge in [-0.15, -0.1) is 16.8 Å². The highest BCUT2D eigenvalue weighted by molar-refractivity contribution is 5.91. The predicted octanol–water partition coefficient (Wildman–Crippen LogP) is 3.27. The summed E-state index contributed by atoms with van der Waals surface area (Å²) in [7, 11) is 0. The Morgan fingerprint density at radius 1 is 1.31 bits per heavy atom. The normalized spacial score (nSPS) is 26.4. The van der Waals surface area contributed by atoms with Crippen LogP contribution in [0.1, 0.15) is 38.0 Å². The molecule has 1 atom stereocenters. The summed E-state index contributed by atoms with van der Waals surface area (Å²) in [6, 6.07) is 3.32. The van der Waals surface area contributed by atoms with Crippen LogP contribution in [0, 0.1) is 5.92 Å². The maximum absolute atomic E-state index is 12.9. The van der Waals surface area contributed by atoms with Crippen LogP contribution in [0.25, 0.3) is 11.6 Å². The molecular weight excluding hydrogens is 427 g/mol. The van der Waals surface area contributed by atoms with E-state index in [1.54, 1.807) is 18.3 Å². The first kappa shape index (κ1) is 22.3. The number of halogens is 3. The molecule has 1 saturated heterocycles. The van der Waals surface area contributed by atoms with Crippen molar-refractivity contribution in [2.45, 2.75) is 49.7 Å². The van der Waals surface area contributed by atoms with Crippen LogP contribution in [-0.4, -0.2) is 56.6 Å². The number of carbonyl (C=O) groups is 1. The average molecular weight is 451 g/mol. The van der Waals surface area contributed by atoms with E-state index in [9.17, 15) is 23.1 Å². The highest BCUT2D eigenvalue weighted by Crippen LogP contribution is 2.40. The maximum atomic E-state index is 12.9. The number of hydrogen-bond donors (Lipinski definition) is 2. The Labute approximate surface area is 182 Å². The molecule has 0 unspecified atom stereocenters. The Balaban J connectivity index is 1.54. The van der Waals surface area contributed by atoms with Gasteiger partial charge in [0.1, 0.15) is 12.1 Å². The minimum absolute atomic E-state index is 0.0609. The van der Waals surface area contributed by atoms with Crippen LogP contribution in [0.2, 0.25) is 0 Å². The van der Waals surface area contributed by atoms with E-state index in [4.69, 9.17) is 4.42 Å². The lowest BCUT2D eigenvalue weighted by molar-refractivity contribution is -0.182. The fourth-order valence-electron chi connectivity index (χ4n) is 4.39. The molecule has 1 aliphatic carbocycles. The highest BCUT2D eigenvalue weighted by Gasteiger charge is 2.50. The summed E-state index contributed by atoms with van der Waals surface area (Å²) in [5.74, 6) is -1.48. The van der Waals surface area contributed by atoms with Crippen molar-refractivity contribution in [3.63, 3.8) is 0 Å². The molecule has 2 aliphatic rings. The number of alkyl halides is 3. The Hall–Kier alpha value is -2.95. The van der Waals surface area contributed by atoms with Crippen LogP contribution >= 0.6 is 0 Å². The number of carbonyl (C=O) groups excluding carboxylic acids is 1. The van der Waals surface area contributed by atoms with Crippen LogP contribution in [0.3, 0.4) is 0 Å². The Morgan fingerprint density at radius 3 is 2.69 bits per heavy atom. The van der Waals surface area contributed by atoms with E-state index < -0.39 is 24.2 Å². The molecule has 0 aromatic carbocycles. The van der Waals surface area contributed by atoms with Gasteiger partial charge in [-0.3, -0.25) is 4.79 Å². The summed E-state index contributed by atoms with van der Waals surface area (Å²) < 4.78 is 44.6. The molecule has 2 aromatic rings. The van der Waals surface area contributed by atoms with Crippen LogP contribution in [0.4, 0.5) is 18.9 Å². The maximum Gasteiger partial charge on any atom is 0.391 e. The number of rotatable bonds is 6. The number of anilines is 1. The second kappa shape index (κ2) is 8.53. The van der Waals surface area contributed by atoms with E-state index in [-0.39, 0.29) is 36.6 Å². The van der Waals surface area contributed by atoms with E-state index in [1.807, 2.05) is 0 Å². The van der Waals surface area contributed by atoms with E-state index in [1.165, 1.54) is 11.0 Å². The van der Waals surface area contributed by atoms with Gasteiger partial charge < -0.3 is 19.7 Å². The lowest BCUT2D eigenvalue weighted by Gasteiger charge is -2.31. The summed E-state index contributed by atoms with van der Waals surface area (Å²) in [6.07, 6.45) is 0.0978. The fraction of sp³-hybridized carbons (Fsp3) is 0.524. The zero-order valence-corrected chi connectivity index (χ0v) is 17.3. The molecule has 2 aromatic heterocycles. The number of nitrogens with zero attached hydrogens (tertiary/aromatic N) is 4. The van der Waals surface area contributed by atoms with Crippen molar-refractivity contribution in [3.05, 3.63) is 36.9 Å². The molecule has 172 valence electrons. The first-order valence-corrected chi connectivity index (χ1v) is 10.4. The SMILES string of the molecule is C=C[C@@]1(c2nnc(-c3ncccc3NC3CCC(C(F)(F)F)CC3)o2)CCN(CO)C1=O. The molecular formula is C21H24F3N5O3. The van der Waals surface area contributed by atoms with Crippen LogP contribution in [0.15, 0.2) is 35.4 Å². The standard InChI is InChI=1S/C21H24F3N5O3/c1-2-20(9-11-29(12-30)19(20)31)18-28-27-17(32-18)16-15(4-3-10-25-16)26-14-7-5-13(6-8-14)21(22,23)24/h2-4,10,13-14,26,30H,1,5-9,11-12H2/t13?,14?,20-/m0/s1. The zero-order chi connectivity index (χ0) is 22.9. The second-order valence-corrected chi connectivity index (χ2v) is 8.18. The van der Waals surface area contributed by atoms with Crippen molar-refractivity contribution in [2.24, 2.45) is 5.92 Å². The minimum Gasteiger partial charge on any atom is -0.418 e.